The molecule has 0 aliphatic carbocycles. The van der Waals surface area contributed by atoms with Gasteiger partial charge in [0.15, 0.2) is 5.69 Å². The van der Waals surface area contributed by atoms with Crippen molar-refractivity contribution in [3.05, 3.63) is 40.3 Å². The lowest BCUT2D eigenvalue weighted by molar-refractivity contribution is -0.141. The van der Waals surface area contributed by atoms with E-state index in [0.717, 1.165) is 0 Å². The van der Waals surface area contributed by atoms with E-state index in [0.29, 0.717) is 10.5 Å². The largest absolute Gasteiger partial charge is 0.432 e. The number of carbonyl (C=O) groups is 1. The van der Waals surface area contributed by atoms with Crippen LogP contribution in [0.15, 0.2) is 28.9 Å². The molecule has 2 heterocycles. The topological polar surface area (TPSA) is 70.7 Å². The van der Waals surface area contributed by atoms with Crippen LogP contribution in [0.3, 0.4) is 0 Å². The molecule has 0 bridgehead atoms. The second-order valence-corrected chi connectivity index (χ2v) is 4.40. The van der Waals surface area contributed by atoms with Crippen molar-refractivity contribution in [3.63, 3.8) is 0 Å². The van der Waals surface area contributed by atoms with Gasteiger partial charge in [0.2, 0.25) is 0 Å². The van der Waals surface area contributed by atoms with E-state index in [1.807, 2.05) is 0 Å². The van der Waals surface area contributed by atoms with Gasteiger partial charge in [-0.05, 0) is 28.1 Å². The van der Waals surface area contributed by atoms with Gasteiger partial charge in [0.1, 0.15) is 11.5 Å². The molecule has 0 aromatic carbocycles. The average Bonchev–Trinajstić information content (AvgIpc) is 2.81. The van der Waals surface area contributed by atoms with E-state index >= 15 is 0 Å². The molecule has 0 aliphatic rings. The number of aromatic nitrogens is 3. The molecule has 5 nitrogen and oxygen atoms in total. The van der Waals surface area contributed by atoms with Gasteiger partial charge in [-0.1, -0.05) is 0 Å². The van der Waals surface area contributed by atoms with Crippen LogP contribution in [-0.2, 0) is 6.18 Å². The molecule has 0 saturated heterocycles. The van der Waals surface area contributed by atoms with Crippen LogP contribution in [0, 0.1) is 0 Å². The van der Waals surface area contributed by atoms with Crippen molar-refractivity contribution in [2.75, 3.05) is 5.32 Å². The van der Waals surface area contributed by atoms with Crippen molar-refractivity contribution >= 4 is 27.7 Å². The summed E-state index contributed by atoms with van der Waals surface area (Å²) in [5, 5.41) is 7.39. The molecule has 2 aromatic rings. The Hall–Kier alpha value is -1.90. The number of pyridine rings is 1. The molecule has 19 heavy (non-hydrogen) atoms. The minimum absolute atomic E-state index is 0.213. The van der Waals surface area contributed by atoms with Gasteiger partial charge < -0.3 is 5.32 Å². The van der Waals surface area contributed by atoms with Gasteiger partial charge in [-0.3, -0.25) is 9.89 Å². The Labute approximate surface area is 113 Å². The van der Waals surface area contributed by atoms with Crippen LogP contribution in [0.5, 0.6) is 0 Å². The van der Waals surface area contributed by atoms with E-state index in [4.69, 9.17) is 0 Å². The molecule has 100 valence electrons. The number of nitrogens with zero attached hydrogens (tertiary/aromatic N) is 2. The Balaban J connectivity index is 2.12. The van der Waals surface area contributed by atoms with E-state index in [9.17, 15) is 18.0 Å². The van der Waals surface area contributed by atoms with Crippen LogP contribution in [0.1, 0.15) is 16.2 Å². The molecule has 2 rings (SSSR count). The number of rotatable bonds is 2. The highest BCUT2D eigenvalue weighted by atomic mass is 79.9. The first-order chi connectivity index (χ1) is 8.86. The smallest absolute Gasteiger partial charge is 0.305 e. The normalized spacial score (nSPS) is 11.4. The zero-order chi connectivity index (χ0) is 14.0. The third-order valence-electron chi connectivity index (χ3n) is 2.08. The lowest BCUT2D eigenvalue weighted by atomic mass is 10.3. The number of aromatic amines is 1. The monoisotopic (exact) mass is 334 g/mol. The van der Waals surface area contributed by atoms with Gasteiger partial charge in [0.25, 0.3) is 5.91 Å². The summed E-state index contributed by atoms with van der Waals surface area (Å²) in [5.74, 6) is -0.564. The fraction of sp³-hybridized carbons (Fsp3) is 0.100. The first-order valence-corrected chi connectivity index (χ1v) is 5.71. The number of nitrogens with one attached hydrogen (secondary N) is 2. The molecule has 2 aromatic heterocycles. The van der Waals surface area contributed by atoms with E-state index in [2.05, 4.69) is 31.3 Å². The zero-order valence-electron chi connectivity index (χ0n) is 9.12. The summed E-state index contributed by atoms with van der Waals surface area (Å²) in [4.78, 5) is 15.5. The maximum absolute atomic E-state index is 12.3. The molecular weight excluding hydrogens is 329 g/mol. The van der Waals surface area contributed by atoms with E-state index in [1.54, 1.807) is 11.2 Å². The molecule has 0 spiro atoms. The highest BCUT2D eigenvalue weighted by Crippen LogP contribution is 2.27. The molecule has 0 aliphatic heterocycles. The Kier molecular flexibility index (Phi) is 3.56. The fourth-order valence-corrected chi connectivity index (χ4v) is 1.45. The SMILES string of the molecule is O=C(Nc1ccc(Br)cn1)c1cc(C(F)(F)F)[nH]n1. The minimum atomic E-state index is -4.57. The maximum atomic E-state index is 12.3. The van der Waals surface area contributed by atoms with E-state index < -0.39 is 17.8 Å². The summed E-state index contributed by atoms with van der Waals surface area (Å²) >= 11 is 3.16. The molecule has 0 radical (unpaired) electrons. The van der Waals surface area contributed by atoms with Crippen LogP contribution in [-0.4, -0.2) is 21.1 Å². The third kappa shape index (κ3) is 3.31. The van der Waals surface area contributed by atoms with Gasteiger partial charge in [-0.2, -0.15) is 18.3 Å². The number of anilines is 1. The van der Waals surface area contributed by atoms with E-state index in [-0.39, 0.29) is 11.5 Å². The van der Waals surface area contributed by atoms with Crippen molar-refractivity contribution in [3.8, 4) is 0 Å². The summed E-state index contributed by atoms with van der Waals surface area (Å²) in [5.41, 5.74) is -1.45. The predicted octanol–water partition coefficient (Wildman–Crippen LogP) is 2.84. The molecule has 0 unspecified atom stereocenters. The Morgan fingerprint density at radius 1 is 1.37 bits per heavy atom. The lowest BCUT2D eigenvalue weighted by Crippen LogP contribution is -2.13. The summed E-state index contributed by atoms with van der Waals surface area (Å²) in [6.07, 6.45) is -3.12. The maximum Gasteiger partial charge on any atom is 0.432 e. The van der Waals surface area contributed by atoms with Crippen LogP contribution < -0.4 is 5.32 Å². The van der Waals surface area contributed by atoms with Crippen LogP contribution >= 0.6 is 15.9 Å². The first kappa shape index (κ1) is 13.5. The van der Waals surface area contributed by atoms with E-state index in [1.165, 1.54) is 12.3 Å². The van der Waals surface area contributed by atoms with Crippen molar-refractivity contribution in [1.82, 2.24) is 15.2 Å². The first-order valence-electron chi connectivity index (χ1n) is 4.92. The average molecular weight is 335 g/mol. The third-order valence-corrected chi connectivity index (χ3v) is 2.55. The summed E-state index contributed by atoms with van der Waals surface area (Å²) in [6, 6.07) is 3.77. The molecular formula is C10H6BrF3N4O. The van der Waals surface area contributed by atoms with Gasteiger partial charge in [0.05, 0.1) is 0 Å². The van der Waals surface area contributed by atoms with Crippen LogP contribution in [0.4, 0.5) is 19.0 Å². The van der Waals surface area contributed by atoms with Crippen molar-refractivity contribution in [2.45, 2.75) is 6.18 Å². The number of amides is 1. The van der Waals surface area contributed by atoms with Gasteiger partial charge in [0, 0.05) is 16.7 Å². The zero-order valence-corrected chi connectivity index (χ0v) is 10.7. The van der Waals surface area contributed by atoms with Crippen LogP contribution in [0.25, 0.3) is 0 Å². The molecule has 0 saturated carbocycles. The Morgan fingerprint density at radius 3 is 2.63 bits per heavy atom. The Bertz CT molecular complexity index is 594. The highest BCUT2D eigenvalue weighted by molar-refractivity contribution is 9.10. The standard InChI is InChI=1S/C10H6BrF3N4O/c11-5-1-2-8(15-4-5)16-9(19)6-3-7(18-17-6)10(12,13)14/h1-4H,(H,17,18)(H,15,16,19). The molecule has 1 amide bonds. The molecule has 0 fully saturated rings. The highest BCUT2D eigenvalue weighted by Gasteiger charge is 2.33. The number of carbonyl (C=O) groups excluding carboxylic acids is 1. The fourth-order valence-electron chi connectivity index (χ4n) is 1.21. The molecule has 2 N–H and O–H groups in total. The number of H-pyrrole nitrogens is 1. The molecule has 9 heteroatoms. The summed E-state index contributed by atoms with van der Waals surface area (Å²) < 4.78 is 37.7. The van der Waals surface area contributed by atoms with Gasteiger partial charge >= 0.3 is 6.18 Å². The Morgan fingerprint density at radius 2 is 2.11 bits per heavy atom. The lowest BCUT2D eigenvalue weighted by Gasteiger charge is -2.01. The van der Waals surface area contributed by atoms with Crippen molar-refractivity contribution in [2.24, 2.45) is 0 Å². The van der Waals surface area contributed by atoms with Gasteiger partial charge in [-0.15, -0.1) is 0 Å². The number of halogens is 4. The number of hydrogen-bond donors (Lipinski definition) is 2. The summed E-state index contributed by atoms with van der Waals surface area (Å²) in [6.45, 7) is 0. The van der Waals surface area contributed by atoms with Crippen molar-refractivity contribution < 1.29 is 18.0 Å². The summed E-state index contributed by atoms with van der Waals surface area (Å²) in [7, 11) is 0. The van der Waals surface area contributed by atoms with Crippen LogP contribution in [0.2, 0.25) is 0 Å². The number of hydrogen-bond acceptors (Lipinski definition) is 3. The second-order valence-electron chi connectivity index (χ2n) is 3.48. The molecule has 0 atom stereocenters. The quantitative estimate of drug-likeness (QED) is 0.887. The van der Waals surface area contributed by atoms with Crippen molar-refractivity contribution in [1.29, 1.82) is 0 Å². The number of alkyl halides is 3. The second kappa shape index (κ2) is 5.00. The predicted molar refractivity (Wildman–Crippen MR) is 63.5 cm³/mol. The van der Waals surface area contributed by atoms with Gasteiger partial charge in [-0.25, -0.2) is 4.98 Å². The minimum Gasteiger partial charge on any atom is -0.305 e.